The van der Waals surface area contributed by atoms with Crippen molar-refractivity contribution in [2.24, 2.45) is 7.05 Å². The first kappa shape index (κ1) is 12.4. The third-order valence-corrected chi connectivity index (χ3v) is 4.28. The average Bonchev–Trinajstić information content (AvgIpc) is 3.18. The molecule has 2 fully saturated rings. The molecular formula is C14H17N5O2. The highest BCUT2D eigenvalue weighted by Gasteiger charge is 2.35. The Balaban J connectivity index is 1.59. The average molecular weight is 287 g/mol. The highest BCUT2D eigenvalue weighted by Crippen LogP contribution is 2.26. The topological polar surface area (TPSA) is 63.5 Å². The molecule has 4 heterocycles. The van der Waals surface area contributed by atoms with Gasteiger partial charge in [0.2, 0.25) is 5.95 Å². The minimum atomic E-state index is -0.187. The number of fused-ring (bicyclic) bond motifs is 1. The number of imidazole rings is 1. The van der Waals surface area contributed by atoms with E-state index in [9.17, 15) is 4.79 Å². The van der Waals surface area contributed by atoms with Gasteiger partial charge in [-0.1, -0.05) is 0 Å². The highest BCUT2D eigenvalue weighted by molar-refractivity contribution is 5.74. The molecule has 7 heteroatoms. The van der Waals surface area contributed by atoms with Gasteiger partial charge in [0.25, 0.3) is 0 Å². The van der Waals surface area contributed by atoms with Crippen LogP contribution in [0.1, 0.15) is 6.42 Å². The molecule has 0 spiro atoms. The first-order valence-corrected chi connectivity index (χ1v) is 7.20. The van der Waals surface area contributed by atoms with Gasteiger partial charge in [-0.2, -0.15) is 0 Å². The zero-order valence-electron chi connectivity index (χ0n) is 11.9. The Labute approximate surface area is 122 Å². The standard InChI is InChI=1S/C14H17N5O2/c1-17-12-11(3-2-5-15-12)16-13(17)18-6-4-10(9-18)19-7-8-21-14(19)20/h2-3,5,10H,4,6-9H2,1H3. The van der Waals surface area contributed by atoms with Crippen molar-refractivity contribution in [1.29, 1.82) is 0 Å². The first-order valence-electron chi connectivity index (χ1n) is 7.20. The summed E-state index contributed by atoms with van der Waals surface area (Å²) in [5.41, 5.74) is 1.79. The number of carbonyl (C=O) groups excluding carboxylic acids is 1. The molecule has 21 heavy (non-hydrogen) atoms. The maximum absolute atomic E-state index is 11.7. The van der Waals surface area contributed by atoms with Gasteiger partial charge in [-0.25, -0.2) is 14.8 Å². The summed E-state index contributed by atoms with van der Waals surface area (Å²) in [6.07, 6.45) is 2.54. The molecule has 1 unspecified atom stereocenters. The molecule has 1 atom stereocenters. The van der Waals surface area contributed by atoms with Crippen LogP contribution in [0.3, 0.4) is 0 Å². The number of amides is 1. The normalized spacial score (nSPS) is 22.3. The van der Waals surface area contributed by atoms with Crippen molar-refractivity contribution in [3.63, 3.8) is 0 Å². The van der Waals surface area contributed by atoms with Crippen molar-refractivity contribution in [2.75, 3.05) is 31.1 Å². The monoisotopic (exact) mass is 287 g/mol. The maximum atomic E-state index is 11.7. The molecule has 0 aliphatic carbocycles. The number of carbonyl (C=O) groups is 1. The lowest BCUT2D eigenvalue weighted by Gasteiger charge is -2.22. The predicted octanol–water partition coefficient (Wildman–Crippen LogP) is 0.999. The second kappa shape index (κ2) is 4.61. The lowest BCUT2D eigenvalue weighted by Crippen LogP contribution is -2.38. The van der Waals surface area contributed by atoms with E-state index in [1.165, 1.54) is 0 Å². The van der Waals surface area contributed by atoms with Gasteiger partial charge in [0.15, 0.2) is 5.65 Å². The van der Waals surface area contributed by atoms with Crippen LogP contribution in [-0.4, -0.2) is 57.8 Å². The molecule has 0 radical (unpaired) electrons. The molecule has 2 aromatic rings. The largest absolute Gasteiger partial charge is 0.448 e. The van der Waals surface area contributed by atoms with Gasteiger partial charge < -0.3 is 9.64 Å². The van der Waals surface area contributed by atoms with Gasteiger partial charge in [0, 0.05) is 26.3 Å². The molecule has 0 bridgehead atoms. The number of hydrogen-bond acceptors (Lipinski definition) is 5. The number of aryl methyl sites for hydroxylation is 1. The number of cyclic esters (lactones) is 1. The fraction of sp³-hybridized carbons (Fsp3) is 0.500. The van der Waals surface area contributed by atoms with Crippen LogP contribution in [0, 0.1) is 0 Å². The summed E-state index contributed by atoms with van der Waals surface area (Å²) in [7, 11) is 1.98. The smallest absolute Gasteiger partial charge is 0.410 e. The molecule has 110 valence electrons. The summed E-state index contributed by atoms with van der Waals surface area (Å²) >= 11 is 0. The summed E-state index contributed by atoms with van der Waals surface area (Å²) < 4.78 is 7.04. The quantitative estimate of drug-likeness (QED) is 0.824. The Morgan fingerprint density at radius 1 is 1.38 bits per heavy atom. The van der Waals surface area contributed by atoms with Crippen LogP contribution in [0.15, 0.2) is 18.3 Å². The van der Waals surface area contributed by atoms with E-state index in [1.54, 1.807) is 6.20 Å². The van der Waals surface area contributed by atoms with Gasteiger partial charge in [-0.05, 0) is 18.6 Å². The van der Waals surface area contributed by atoms with E-state index < -0.39 is 0 Å². The summed E-state index contributed by atoms with van der Waals surface area (Å²) in [6.45, 7) is 2.89. The van der Waals surface area contributed by atoms with Gasteiger partial charge in [0.05, 0.1) is 12.6 Å². The molecule has 0 aromatic carbocycles. The van der Waals surface area contributed by atoms with E-state index >= 15 is 0 Å². The first-order chi connectivity index (χ1) is 10.2. The summed E-state index contributed by atoms with van der Waals surface area (Å²) in [5, 5.41) is 0. The molecule has 2 saturated heterocycles. The fourth-order valence-electron chi connectivity index (χ4n) is 3.21. The van der Waals surface area contributed by atoms with Crippen LogP contribution >= 0.6 is 0 Å². The van der Waals surface area contributed by atoms with E-state index in [1.807, 2.05) is 28.6 Å². The summed E-state index contributed by atoms with van der Waals surface area (Å²) in [5.74, 6) is 0.916. The van der Waals surface area contributed by atoms with Gasteiger partial charge in [-0.15, -0.1) is 0 Å². The number of hydrogen-bond donors (Lipinski definition) is 0. The van der Waals surface area contributed by atoms with E-state index in [0.29, 0.717) is 13.2 Å². The molecule has 7 nitrogen and oxygen atoms in total. The predicted molar refractivity (Wildman–Crippen MR) is 77.2 cm³/mol. The number of anilines is 1. The number of ether oxygens (including phenoxy) is 1. The second-order valence-electron chi connectivity index (χ2n) is 5.51. The molecule has 2 aliphatic heterocycles. The minimum Gasteiger partial charge on any atom is -0.448 e. The zero-order chi connectivity index (χ0) is 14.4. The Hall–Kier alpha value is -2.31. The maximum Gasteiger partial charge on any atom is 0.410 e. The van der Waals surface area contributed by atoms with Crippen molar-refractivity contribution >= 4 is 23.2 Å². The molecule has 4 rings (SSSR count). The minimum absolute atomic E-state index is 0.187. The van der Waals surface area contributed by atoms with Crippen LogP contribution in [-0.2, 0) is 11.8 Å². The Kier molecular flexibility index (Phi) is 2.73. The Morgan fingerprint density at radius 2 is 2.29 bits per heavy atom. The van der Waals surface area contributed by atoms with Crippen molar-refractivity contribution < 1.29 is 9.53 Å². The fourth-order valence-corrected chi connectivity index (χ4v) is 3.21. The van der Waals surface area contributed by atoms with E-state index in [0.717, 1.165) is 36.6 Å². The van der Waals surface area contributed by atoms with Crippen LogP contribution in [0.4, 0.5) is 10.7 Å². The second-order valence-corrected chi connectivity index (χ2v) is 5.51. The lowest BCUT2D eigenvalue weighted by atomic mass is 10.2. The van der Waals surface area contributed by atoms with Crippen LogP contribution in [0.25, 0.3) is 11.2 Å². The van der Waals surface area contributed by atoms with Crippen molar-refractivity contribution in [1.82, 2.24) is 19.4 Å². The molecule has 0 saturated carbocycles. The van der Waals surface area contributed by atoms with Gasteiger partial charge in [0.1, 0.15) is 12.1 Å². The lowest BCUT2D eigenvalue weighted by molar-refractivity contribution is 0.150. The van der Waals surface area contributed by atoms with Gasteiger partial charge in [-0.3, -0.25) is 9.47 Å². The number of nitrogens with zero attached hydrogens (tertiary/aromatic N) is 5. The van der Waals surface area contributed by atoms with Crippen molar-refractivity contribution in [2.45, 2.75) is 12.5 Å². The van der Waals surface area contributed by atoms with Crippen molar-refractivity contribution in [3.8, 4) is 0 Å². The zero-order valence-corrected chi connectivity index (χ0v) is 11.9. The van der Waals surface area contributed by atoms with Crippen molar-refractivity contribution in [3.05, 3.63) is 18.3 Å². The molecular weight excluding hydrogens is 270 g/mol. The molecule has 2 aromatic heterocycles. The molecule has 0 N–H and O–H groups in total. The third-order valence-electron chi connectivity index (χ3n) is 4.28. The van der Waals surface area contributed by atoms with E-state index in [4.69, 9.17) is 4.74 Å². The SMILES string of the molecule is Cn1c(N2CCC(N3CCOC3=O)C2)nc2cccnc21. The summed E-state index contributed by atoms with van der Waals surface area (Å²) in [6, 6.07) is 4.08. The number of rotatable bonds is 2. The highest BCUT2D eigenvalue weighted by atomic mass is 16.6. The molecule has 2 aliphatic rings. The Morgan fingerprint density at radius 3 is 3.05 bits per heavy atom. The molecule has 1 amide bonds. The number of aromatic nitrogens is 3. The summed E-state index contributed by atoms with van der Waals surface area (Å²) in [4.78, 5) is 24.8. The van der Waals surface area contributed by atoms with Crippen LogP contribution in [0.5, 0.6) is 0 Å². The van der Waals surface area contributed by atoms with Crippen LogP contribution < -0.4 is 4.90 Å². The van der Waals surface area contributed by atoms with Gasteiger partial charge >= 0.3 is 6.09 Å². The van der Waals surface area contributed by atoms with Crippen LogP contribution in [0.2, 0.25) is 0 Å². The number of pyridine rings is 1. The third kappa shape index (κ3) is 1.91. The van der Waals surface area contributed by atoms with E-state index in [2.05, 4.69) is 14.9 Å². The Bertz CT molecular complexity index is 698. The van der Waals surface area contributed by atoms with E-state index in [-0.39, 0.29) is 12.1 Å².